The first kappa shape index (κ1) is 12.9. The van der Waals surface area contributed by atoms with Crippen LogP contribution in [0.15, 0.2) is 12.3 Å². The Balaban J connectivity index is 2.75. The fourth-order valence-corrected chi connectivity index (χ4v) is 2.33. The van der Waals surface area contributed by atoms with Gasteiger partial charge in [0.2, 0.25) is 0 Å². The van der Waals surface area contributed by atoms with Gasteiger partial charge in [0.25, 0.3) is 0 Å². The molecular formula is C13H15ClN2O2. The Kier molecular flexibility index (Phi) is 3.30. The van der Waals surface area contributed by atoms with E-state index in [0.717, 1.165) is 5.56 Å². The molecule has 0 amide bonds. The van der Waals surface area contributed by atoms with Crippen LogP contribution in [-0.4, -0.2) is 20.5 Å². The fourth-order valence-electron chi connectivity index (χ4n) is 2.07. The minimum absolute atomic E-state index is 0.212. The van der Waals surface area contributed by atoms with Gasteiger partial charge in [-0.05, 0) is 30.9 Å². The number of hydrogen-bond acceptors (Lipinski definition) is 2. The Hall–Kier alpha value is -1.55. The normalized spacial score (nSPS) is 11.4. The van der Waals surface area contributed by atoms with Crippen LogP contribution < -0.4 is 0 Å². The van der Waals surface area contributed by atoms with Gasteiger partial charge in [-0.1, -0.05) is 25.4 Å². The van der Waals surface area contributed by atoms with Gasteiger partial charge in [-0.3, -0.25) is 4.40 Å². The van der Waals surface area contributed by atoms with E-state index in [2.05, 4.69) is 4.98 Å². The van der Waals surface area contributed by atoms with Gasteiger partial charge in [0.1, 0.15) is 5.65 Å². The molecule has 4 nitrogen and oxygen atoms in total. The van der Waals surface area contributed by atoms with Crippen LogP contribution in [0.5, 0.6) is 0 Å². The zero-order valence-corrected chi connectivity index (χ0v) is 11.3. The maximum Gasteiger partial charge on any atom is 0.354 e. The lowest BCUT2D eigenvalue weighted by atomic mass is 10.1. The summed E-state index contributed by atoms with van der Waals surface area (Å²) in [6.45, 7) is 5.95. The second-order valence-corrected chi connectivity index (χ2v) is 5.28. The molecule has 0 aliphatic heterocycles. The Bertz CT molecular complexity index is 617. The van der Waals surface area contributed by atoms with Crippen LogP contribution in [0.3, 0.4) is 0 Å². The molecule has 0 aliphatic rings. The maximum atomic E-state index is 11.4. The van der Waals surface area contributed by atoms with Crippen molar-refractivity contribution in [1.29, 1.82) is 0 Å². The van der Waals surface area contributed by atoms with E-state index in [1.165, 1.54) is 0 Å². The molecule has 0 saturated carbocycles. The summed E-state index contributed by atoms with van der Waals surface area (Å²) in [5.41, 5.74) is 2.36. The third kappa shape index (κ3) is 2.20. The molecule has 0 spiro atoms. The lowest BCUT2D eigenvalue weighted by Gasteiger charge is -2.03. The van der Waals surface area contributed by atoms with E-state index < -0.39 is 5.97 Å². The Labute approximate surface area is 110 Å². The number of carboxylic acid groups (broad SMARTS) is 1. The molecule has 2 aromatic heterocycles. The van der Waals surface area contributed by atoms with Crippen LogP contribution in [-0.2, 0) is 6.42 Å². The largest absolute Gasteiger partial charge is 0.477 e. The number of aromatic nitrogens is 2. The zero-order chi connectivity index (χ0) is 13.4. The van der Waals surface area contributed by atoms with Crippen LogP contribution >= 0.6 is 11.6 Å². The summed E-state index contributed by atoms with van der Waals surface area (Å²) in [6, 6.07) is 1.79. The van der Waals surface area contributed by atoms with Crippen molar-refractivity contribution in [3.05, 3.63) is 34.2 Å². The molecule has 18 heavy (non-hydrogen) atoms. The molecule has 0 unspecified atom stereocenters. The van der Waals surface area contributed by atoms with E-state index in [1.807, 2.05) is 20.8 Å². The average Bonchev–Trinajstić information content (AvgIpc) is 2.54. The minimum atomic E-state index is -0.972. The highest BCUT2D eigenvalue weighted by molar-refractivity contribution is 6.30. The molecule has 0 radical (unpaired) electrons. The molecular weight excluding hydrogens is 252 g/mol. The second-order valence-electron chi connectivity index (χ2n) is 4.85. The number of halogens is 1. The van der Waals surface area contributed by atoms with Crippen LogP contribution in [0.1, 0.15) is 35.6 Å². The minimum Gasteiger partial charge on any atom is -0.477 e. The molecule has 0 bridgehead atoms. The topological polar surface area (TPSA) is 54.6 Å². The van der Waals surface area contributed by atoms with Crippen molar-refractivity contribution < 1.29 is 9.90 Å². The Morgan fingerprint density at radius 1 is 1.56 bits per heavy atom. The molecule has 0 aliphatic carbocycles. The van der Waals surface area contributed by atoms with Crippen LogP contribution in [0.2, 0.25) is 5.02 Å². The number of pyridine rings is 1. The first-order valence-corrected chi connectivity index (χ1v) is 6.18. The number of imidazole rings is 1. The van der Waals surface area contributed by atoms with Gasteiger partial charge in [-0.15, -0.1) is 0 Å². The van der Waals surface area contributed by atoms with Gasteiger partial charge in [-0.2, -0.15) is 0 Å². The van der Waals surface area contributed by atoms with Crippen molar-refractivity contribution >= 4 is 23.2 Å². The third-order valence-corrected chi connectivity index (χ3v) is 2.95. The van der Waals surface area contributed by atoms with Gasteiger partial charge in [0.15, 0.2) is 5.69 Å². The van der Waals surface area contributed by atoms with Gasteiger partial charge < -0.3 is 5.11 Å². The molecule has 96 valence electrons. The molecule has 2 aromatic rings. The fraction of sp³-hybridized carbons (Fsp3) is 0.385. The van der Waals surface area contributed by atoms with Gasteiger partial charge in [0.05, 0.1) is 10.7 Å². The number of fused-ring (bicyclic) bond motifs is 1. The van der Waals surface area contributed by atoms with Crippen molar-refractivity contribution in [2.45, 2.75) is 27.2 Å². The summed E-state index contributed by atoms with van der Waals surface area (Å²) in [5.74, 6) is -0.622. The van der Waals surface area contributed by atoms with Crippen molar-refractivity contribution in [3.63, 3.8) is 0 Å². The molecule has 1 N–H and O–H groups in total. The zero-order valence-electron chi connectivity index (χ0n) is 10.6. The molecule has 0 fully saturated rings. The molecule has 2 heterocycles. The third-order valence-electron chi connectivity index (χ3n) is 2.75. The second kappa shape index (κ2) is 4.61. The van der Waals surface area contributed by atoms with E-state index in [1.54, 1.807) is 16.7 Å². The van der Waals surface area contributed by atoms with E-state index >= 15 is 0 Å². The van der Waals surface area contributed by atoms with Gasteiger partial charge >= 0.3 is 5.97 Å². The molecule has 0 saturated heterocycles. The number of aromatic carboxylic acids is 1. The monoisotopic (exact) mass is 266 g/mol. The molecule has 5 heteroatoms. The highest BCUT2D eigenvalue weighted by atomic mass is 35.5. The molecule has 0 aromatic carbocycles. The van der Waals surface area contributed by atoms with Crippen molar-refractivity contribution in [3.8, 4) is 0 Å². The smallest absolute Gasteiger partial charge is 0.354 e. The summed E-state index contributed by atoms with van der Waals surface area (Å²) < 4.78 is 1.57. The van der Waals surface area contributed by atoms with Gasteiger partial charge in [-0.25, -0.2) is 9.78 Å². The predicted molar refractivity (Wildman–Crippen MR) is 70.4 cm³/mol. The SMILES string of the molecule is Cc1cc(Cl)cn2c(C(=O)O)c(CC(C)C)nc12. The van der Waals surface area contributed by atoms with Crippen molar-refractivity contribution in [2.24, 2.45) is 5.92 Å². The van der Waals surface area contributed by atoms with Crippen LogP contribution in [0.25, 0.3) is 5.65 Å². The lowest BCUT2D eigenvalue weighted by molar-refractivity contribution is 0.0688. The van der Waals surface area contributed by atoms with Crippen LogP contribution in [0, 0.1) is 12.8 Å². The van der Waals surface area contributed by atoms with E-state index in [-0.39, 0.29) is 5.69 Å². The lowest BCUT2D eigenvalue weighted by Crippen LogP contribution is -2.07. The highest BCUT2D eigenvalue weighted by Crippen LogP contribution is 2.22. The first-order chi connectivity index (χ1) is 8.40. The van der Waals surface area contributed by atoms with E-state index in [0.29, 0.717) is 28.7 Å². The molecule has 0 atom stereocenters. The number of rotatable bonds is 3. The summed E-state index contributed by atoms with van der Waals surface area (Å²) in [5, 5.41) is 9.85. The summed E-state index contributed by atoms with van der Waals surface area (Å²) in [6.07, 6.45) is 2.24. The van der Waals surface area contributed by atoms with E-state index in [4.69, 9.17) is 11.6 Å². The summed E-state index contributed by atoms with van der Waals surface area (Å²) in [7, 11) is 0. The van der Waals surface area contributed by atoms with E-state index in [9.17, 15) is 9.90 Å². The Morgan fingerprint density at radius 2 is 2.22 bits per heavy atom. The summed E-state index contributed by atoms with van der Waals surface area (Å²) in [4.78, 5) is 15.8. The summed E-state index contributed by atoms with van der Waals surface area (Å²) >= 11 is 5.97. The number of nitrogens with zero attached hydrogens (tertiary/aromatic N) is 2. The molecule has 2 rings (SSSR count). The highest BCUT2D eigenvalue weighted by Gasteiger charge is 2.20. The average molecular weight is 267 g/mol. The van der Waals surface area contributed by atoms with Crippen molar-refractivity contribution in [2.75, 3.05) is 0 Å². The number of aryl methyl sites for hydroxylation is 1. The number of carbonyl (C=O) groups is 1. The van der Waals surface area contributed by atoms with Crippen molar-refractivity contribution in [1.82, 2.24) is 9.38 Å². The predicted octanol–water partition coefficient (Wildman–Crippen LogP) is 3.19. The maximum absolute atomic E-state index is 11.4. The first-order valence-electron chi connectivity index (χ1n) is 5.80. The number of hydrogen-bond donors (Lipinski definition) is 1. The quantitative estimate of drug-likeness (QED) is 0.928. The van der Waals surface area contributed by atoms with Gasteiger partial charge in [0, 0.05) is 6.20 Å². The number of carboxylic acids is 1. The van der Waals surface area contributed by atoms with Crippen LogP contribution in [0.4, 0.5) is 0 Å². The Morgan fingerprint density at radius 3 is 2.78 bits per heavy atom. The standard InChI is InChI=1S/C13H15ClN2O2/c1-7(2)4-10-11(13(17)18)16-6-9(14)5-8(3)12(16)15-10/h5-7H,4H2,1-3H3,(H,17,18).